The molecule has 20 heavy (non-hydrogen) atoms. The second kappa shape index (κ2) is 6.76. The number of rotatable bonds is 5. The van der Waals surface area contributed by atoms with Crippen LogP contribution >= 0.6 is 0 Å². The normalized spacial score (nSPS) is 30.6. The van der Waals surface area contributed by atoms with Crippen LogP contribution in [0, 0.1) is 11.3 Å². The summed E-state index contributed by atoms with van der Waals surface area (Å²) in [6.07, 6.45) is 2.74. The van der Waals surface area contributed by atoms with E-state index in [1.807, 2.05) is 6.92 Å². The molecule has 0 aromatic carbocycles. The van der Waals surface area contributed by atoms with Gasteiger partial charge in [0.05, 0.1) is 24.8 Å². The highest BCUT2D eigenvalue weighted by Crippen LogP contribution is 2.43. The second-order valence-electron chi connectivity index (χ2n) is 7.25. The minimum atomic E-state index is -0.516. The van der Waals surface area contributed by atoms with Crippen molar-refractivity contribution in [3.05, 3.63) is 0 Å². The van der Waals surface area contributed by atoms with Crippen molar-refractivity contribution in [2.24, 2.45) is 11.3 Å². The van der Waals surface area contributed by atoms with E-state index >= 15 is 0 Å². The number of hydrogen-bond acceptors (Lipinski definition) is 3. The summed E-state index contributed by atoms with van der Waals surface area (Å²) in [5.41, 5.74) is -0.385. The van der Waals surface area contributed by atoms with Crippen molar-refractivity contribution in [2.75, 3.05) is 20.3 Å². The van der Waals surface area contributed by atoms with Gasteiger partial charge in [0.2, 0.25) is 0 Å². The third-order valence-corrected chi connectivity index (χ3v) is 3.93. The maximum absolute atomic E-state index is 12.1. The van der Waals surface area contributed by atoms with E-state index in [1.165, 1.54) is 0 Å². The summed E-state index contributed by atoms with van der Waals surface area (Å²) in [5.74, 6) is 0.489. The molecule has 5 nitrogen and oxygen atoms in total. The summed E-state index contributed by atoms with van der Waals surface area (Å²) >= 11 is 0. The van der Waals surface area contributed by atoms with Gasteiger partial charge in [0, 0.05) is 7.11 Å². The molecule has 0 bridgehead atoms. The lowest BCUT2D eigenvalue weighted by molar-refractivity contribution is 0.0427. The first-order valence-electron chi connectivity index (χ1n) is 7.40. The molecular weight excluding hydrogens is 256 g/mol. The quantitative estimate of drug-likeness (QED) is 0.723. The Bertz CT molecular complexity index is 333. The highest BCUT2D eigenvalue weighted by Gasteiger charge is 2.43. The van der Waals surface area contributed by atoms with Crippen LogP contribution in [-0.2, 0) is 4.74 Å². The van der Waals surface area contributed by atoms with Crippen LogP contribution in [0.2, 0.25) is 0 Å². The molecule has 2 amide bonds. The molecule has 3 N–H and O–H groups in total. The molecule has 0 unspecified atom stereocenters. The summed E-state index contributed by atoms with van der Waals surface area (Å²) in [7, 11) is 1.61. The van der Waals surface area contributed by atoms with Crippen molar-refractivity contribution in [1.29, 1.82) is 0 Å². The van der Waals surface area contributed by atoms with Crippen LogP contribution in [0.15, 0.2) is 0 Å². The number of ether oxygens (including phenoxy) is 1. The third kappa shape index (κ3) is 4.94. The maximum atomic E-state index is 12.1. The van der Waals surface area contributed by atoms with Gasteiger partial charge < -0.3 is 20.5 Å². The second-order valence-corrected chi connectivity index (χ2v) is 7.25. The Labute approximate surface area is 122 Å². The SMILES string of the molecule is COC[C@H](C)NC(=O)N[C@@]1(CO)C[C@H](C)CC(C)(C)C1. The number of aliphatic hydroxyl groups excluding tert-OH is 1. The number of carbonyl (C=O) groups excluding carboxylic acids is 1. The number of aliphatic hydroxyl groups is 1. The van der Waals surface area contributed by atoms with Gasteiger partial charge >= 0.3 is 6.03 Å². The fourth-order valence-corrected chi connectivity index (χ4v) is 3.79. The monoisotopic (exact) mass is 286 g/mol. The van der Waals surface area contributed by atoms with E-state index in [4.69, 9.17) is 4.74 Å². The largest absolute Gasteiger partial charge is 0.394 e. The lowest BCUT2D eigenvalue weighted by Crippen LogP contribution is -2.60. The summed E-state index contributed by atoms with van der Waals surface area (Å²) in [4.78, 5) is 12.1. The zero-order valence-electron chi connectivity index (χ0n) is 13.5. The van der Waals surface area contributed by atoms with Gasteiger partial charge in [0.25, 0.3) is 0 Å². The fourth-order valence-electron chi connectivity index (χ4n) is 3.79. The average Bonchev–Trinajstić information content (AvgIpc) is 2.25. The molecule has 0 aliphatic heterocycles. The summed E-state index contributed by atoms with van der Waals surface area (Å²) < 4.78 is 5.00. The van der Waals surface area contributed by atoms with E-state index in [2.05, 4.69) is 31.4 Å². The first-order chi connectivity index (χ1) is 9.22. The molecule has 118 valence electrons. The van der Waals surface area contributed by atoms with Gasteiger partial charge in [-0.05, 0) is 37.5 Å². The van der Waals surface area contributed by atoms with Gasteiger partial charge in [-0.1, -0.05) is 20.8 Å². The van der Waals surface area contributed by atoms with E-state index in [0.29, 0.717) is 12.5 Å². The number of carbonyl (C=O) groups is 1. The first kappa shape index (κ1) is 17.2. The van der Waals surface area contributed by atoms with Gasteiger partial charge in [-0.15, -0.1) is 0 Å². The molecule has 3 atom stereocenters. The van der Waals surface area contributed by atoms with Crippen molar-refractivity contribution in [3.8, 4) is 0 Å². The Kier molecular flexibility index (Phi) is 5.83. The predicted octanol–water partition coefficient (Wildman–Crippen LogP) is 1.90. The molecule has 1 fully saturated rings. The Morgan fingerprint density at radius 1 is 1.45 bits per heavy atom. The fraction of sp³-hybridized carbons (Fsp3) is 0.933. The average molecular weight is 286 g/mol. The number of methoxy groups -OCH3 is 1. The minimum absolute atomic E-state index is 0.0210. The zero-order valence-corrected chi connectivity index (χ0v) is 13.5. The van der Waals surface area contributed by atoms with Crippen molar-refractivity contribution >= 4 is 6.03 Å². The van der Waals surface area contributed by atoms with Crippen molar-refractivity contribution in [3.63, 3.8) is 0 Å². The molecule has 0 aromatic rings. The molecule has 0 spiro atoms. The lowest BCUT2D eigenvalue weighted by Gasteiger charge is -2.47. The van der Waals surface area contributed by atoms with Crippen molar-refractivity contribution in [1.82, 2.24) is 10.6 Å². The summed E-state index contributed by atoms with van der Waals surface area (Å²) in [6.45, 7) is 8.91. The van der Waals surface area contributed by atoms with Crippen molar-refractivity contribution in [2.45, 2.75) is 58.5 Å². The van der Waals surface area contributed by atoms with Gasteiger partial charge in [-0.3, -0.25) is 0 Å². The topological polar surface area (TPSA) is 70.6 Å². The van der Waals surface area contributed by atoms with E-state index in [0.717, 1.165) is 19.3 Å². The van der Waals surface area contributed by atoms with Crippen LogP contribution in [0.1, 0.15) is 47.0 Å². The first-order valence-corrected chi connectivity index (χ1v) is 7.40. The lowest BCUT2D eigenvalue weighted by atomic mass is 9.64. The minimum Gasteiger partial charge on any atom is -0.394 e. The van der Waals surface area contributed by atoms with Gasteiger partial charge in [-0.25, -0.2) is 4.79 Å². The smallest absolute Gasteiger partial charge is 0.315 e. The predicted molar refractivity (Wildman–Crippen MR) is 79.6 cm³/mol. The van der Waals surface area contributed by atoms with Gasteiger partial charge in [0.15, 0.2) is 0 Å². The van der Waals surface area contributed by atoms with Crippen LogP contribution in [0.5, 0.6) is 0 Å². The van der Waals surface area contributed by atoms with Crippen LogP contribution < -0.4 is 10.6 Å². The number of nitrogens with one attached hydrogen (secondary N) is 2. The molecule has 0 radical (unpaired) electrons. The number of hydrogen-bond donors (Lipinski definition) is 3. The molecule has 0 saturated heterocycles. The van der Waals surface area contributed by atoms with Crippen LogP contribution in [0.3, 0.4) is 0 Å². The molecule has 0 heterocycles. The Balaban J connectivity index is 2.67. The number of urea groups is 1. The highest BCUT2D eigenvalue weighted by molar-refractivity contribution is 5.75. The summed E-state index contributed by atoms with van der Waals surface area (Å²) in [5, 5.41) is 15.7. The number of amides is 2. The van der Waals surface area contributed by atoms with Crippen LogP contribution in [-0.4, -0.2) is 43.0 Å². The molecular formula is C15H30N2O3. The van der Waals surface area contributed by atoms with E-state index in [1.54, 1.807) is 7.11 Å². The molecule has 1 aliphatic rings. The van der Waals surface area contributed by atoms with Gasteiger partial charge in [0.1, 0.15) is 0 Å². The van der Waals surface area contributed by atoms with Crippen LogP contribution in [0.4, 0.5) is 4.79 Å². The zero-order chi connectivity index (χ0) is 15.4. The molecule has 1 rings (SSSR count). The molecule has 5 heteroatoms. The van der Waals surface area contributed by atoms with E-state index < -0.39 is 5.54 Å². The molecule has 1 aliphatic carbocycles. The van der Waals surface area contributed by atoms with Crippen molar-refractivity contribution < 1.29 is 14.6 Å². The third-order valence-electron chi connectivity index (χ3n) is 3.93. The highest BCUT2D eigenvalue weighted by atomic mass is 16.5. The molecule has 0 aromatic heterocycles. The molecule has 1 saturated carbocycles. The van der Waals surface area contributed by atoms with Gasteiger partial charge in [-0.2, -0.15) is 0 Å². The standard InChI is InChI=1S/C15H30N2O3/c1-11-6-14(3,4)9-15(7-11,10-18)17-13(19)16-12(2)8-20-5/h11-12,18H,6-10H2,1-5H3,(H2,16,17,19)/t11-,12+,15+/m1/s1. The van der Waals surface area contributed by atoms with E-state index in [9.17, 15) is 9.90 Å². The van der Waals surface area contributed by atoms with Crippen LogP contribution in [0.25, 0.3) is 0 Å². The Morgan fingerprint density at radius 3 is 2.60 bits per heavy atom. The van der Waals surface area contributed by atoms with E-state index in [-0.39, 0.29) is 24.1 Å². The summed E-state index contributed by atoms with van der Waals surface area (Å²) in [6, 6.07) is -0.279. The maximum Gasteiger partial charge on any atom is 0.315 e. The Hall–Kier alpha value is -0.810. The Morgan fingerprint density at radius 2 is 2.10 bits per heavy atom.